The summed E-state index contributed by atoms with van der Waals surface area (Å²) >= 11 is 0. The summed E-state index contributed by atoms with van der Waals surface area (Å²) in [6.07, 6.45) is 0.339. The first kappa shape index (κ1) is 13.7. The number of carbonyl (C=O) groups excluding carboxylic acids is 2. The number of nitrogens with one attached hydrogen (secondary N) is 1. The lowest BCUT2D eigenvalue weighted by atomic mass is 10.1. The average Bonchev–Trinajstić information content (AvgIpc) is 2.75. The van der Waals surface area contributed by atoms with Crippen LogP contribution in [0, 0.1) is 6.92 Å². The van der Waals surface area contributed by atoms with E-state index in [0.717, 1.165) is 16.6 Å². The lowest BCUT2D eigenvalue weighted by Crippen LogP contribution is -2.49. The van der Waals surface area contributed by atoms with E-state index < -0.39 is 0 Å². The minimum Gasteiger partial charge on any atom is -0.342 e. The summed E-state index contributed by atoms with van der Waals surface area (Å²) in [6, 6.07) is 8.08. The Morgan fingerprint density at radius 2 is 2.00 bits per heavy atom. The van der Waals surface area contributed by atoms with E-state index in [1.807, 2.05) is 12.1 Å². The zero-order chi connectivity index (χ0) is 15.1. The number of amides is 3. The molecule has 21 heavy (non-hydrogen) atoms. The molecule has 1 N–H and O–H groups in total. The van der Waals surface area contributed by atoms with E-state index in [9.17, 15) is 9.59 Å². The topological polar surface area (TPSA) is 54.3 Å². The number of rotatable bonds is 2. The minimum atomic E-state index is -0.339. The van der Waals surface area contributed by atoms with Gasteiger partial charge in [-0.2, -0.15) is 0 Å². The fraction of sp³-hybridized carbons (Fsp3) is 0.375. The van der Waals surface area contributed by atoms with Gasteiger partial charge in [0, 0.05) is 30.1 Å². The van der Waals surface area contributed by atoms with E-state index in [2.05, 4.69) is 42.8 Å². The van der Waals surface area contributed by atoms with Gasteiger partial charge in [-0.15, -0.1) is 0 Å². The second-order valence-electron chi connectivity index (χ2n) is 5.71. The predicted molar refractivity (Wildman–Crippen MR) is 82.6 cm³/mol. The van der Waals surface area contributed by atoms with E-state index in [0.29, 0.717) is 19.0 Å². The van der Waals surface area contributed by atoms with Gasteiger partial charge >= 0.3 is 6.03 Å². The van der Waals surface area contributed by atoms with Gasteiger partial charge in [0.15, 0.2) is 0 Å². The molecule has 0 bridgehead atoms. The number of nitrogens with zero attached hydrogens (tertiary/aromatic N) is 2. The highest BCUT2D eigenvalue weighted by atomic mass is 16.2. The van der Waals surface area contributed by atoms with Crippen molar-refractivity contribution in [2.45, 2.75) is 33.2 Å². The Balaban J connectivity index is 2.14. The lowest BCUT2D eigenvalue weighted by Gasteiger charge is -2.27. The van der Waals surface area contributed by atoms with Crippen molar-refractivity contribution in [1.82, 2.24) is 9.88 Å². The molecule has 1 aliphatic rings. The van der Waals surface area contributed by atoms with Crippen molar-refractivity contribution < 1.29 is 9.59 Å². The van der Waals surface area contributed by atoms with Crippen LogP contribution >= 0.6 is 0 Å². The number of hydrogen-bond acceptors (Lipinski definition) is 2. The number of benzene rings is 1. The molecule has 1 aliphatic heterocycles. The number of fused-ring (bicyclic) bond motifs is 1. The third-order valence-electron chi connectivity index (χ3n) is 3.91. The van der Waals surface area contributed by atoms with E-state index >= 15 is 0 Å². The van der Waals surface area contributed by atoms with Crippen molar-refractivity contribution in [3.63, 3.8) is 0 Å². The Morgan fingerprint density at radius 3 is 2.67 bits per heavy atom. The van der Waals surface area contributed by atoms with Crippen LogP contribution in [0.4, 0.5) is 10.5 Å². The molecule has 0 saturated carbocycles. The monoisotopic (exact) mass is 285 g/mol. The summed E-state index contributed by atoms with van der Waals surface area (Å²) in [7, 11) is 0. The first-order chi connectivity index (χ1) is 9.99. The summed E-state index contributed by atoms with van der Waals surface area (Å²) in [5.41, 5.74) is 3.14. The molecular weight excluding hydrogens is 266 g/mol. The van der Waals surface area contributed by atoms with Gasteiger partial charge in [-0.25, -0.2) is 4.79 Å². The molecule has 5 nitrogen and oxygen atoms in total. The molecule has 0 unspecified atom stereocenters. The molecule has 1 saturated heterocycles. The Morgan fingerprint density at radius 1 is 1.24 bits per heavy atom. The van der Waals surface area contributed by atoms with Gasteiger partial charge < -0.3 is 4.57 Å². The fourth-order valence-electron chi connectivity index (χ4n) is 3.08. The zero-order valence-electron chi connectivity index (χ0n) is 12.5. The van der Waals surface area contributed by atoms with Crippen LogP contribution in [0.5, 0.6) is 0 Å². The molecule has 0 aliphatic carbocycles. The van der Waals surface area contributed by atoms with E-state index in [1.165, 1.54) is 5.69 Å². The molecule has 2 aromatic rings. The van der Waals surface area contributed by atoms with E-state index in [1.54, 1.807) is 4.90 Å². The molecule has 0 atom stereocenters. The number of hydrogen-bond donors (Lipinski definition) is 1. The number of carbonyl (C=O) groups is 2. The molecule has 1 fully saturated rings. The van der Waals surface area contributed by atoms with Gasteiger partial charge in [0.25, 0.3) is 0 Å². The van der Waals surface area contributed by atoms with Crippen LogP contribution in [0.1, 0.15) is 32.0 Å². The summed E-state index contributed by atoms with van der Waals surface area (Å²) in [5.74, 6) is -0.209. The van der Waals surface area contributed by atoms with Crippen molar-refractivity contribution >= 4 is 28.5 Å². The quantitative estimate of drug-likeness (QED) is 0.922. The largest absolute Gasteiger partial charge is 0.342 e. The Bertz CT molecular complexity index is 730. The van der Waals surface area contributed by atoms with Crippen molar-refractivity contribution in [2.75, 3.05) is 11.4 Å². The maximum atomic E-state index is 12.1. The maximum absolute atomic E-state index is 12.1. The van der Waals surface area contributed by atoms with E-state index in [4.69, 9.17) is 0 Å². The second-order valence-corrected chi connectivity index (χ2v) is 5.71. The molecule has 1 aromatic heterocycles. The predicted octanol–water partition coefficient (Wildman–Crippen LogP) is 2.98. The molecule has 110 valence electrons. The third-order valence-corrected chi connectivity index (χ3v) is 3.91. The first-order valence-corrected chi connectivity index (χ1v) is 7.21. The van der Waals surface area contributed by atoms with E-state index in [-0.39, 0.29) is 11.9 Å². The fourth-order valence-corrected chi connectivity index (χ4v) is 3.08. The number of imide groups is 1. The number of aryl methyl sites for hydroxylation is 1. The molecular formula is C16H19N3O2. The number of anilines is 1. The highest BCUT2D eigenvalue weighted by Gasteiger charge is 2.26. The van der Waals surface area contributed by atoms with Crippen LogP contribution in [0.25, 0.3) is 10.9 Å². The van der Waals surface area contributed by atoms with Crippen molar-refractivity contribution in [3.8, 4) is 0 Å². The summed E-state index contributed by atoms with van der Waals surface area (Å²) < 4.78 is 2.26. The molecule has 1 aromatic carbocycles. The molecule has 3 rings (SSSR count). The van der Waals surface area contributed by atoms with Crippen LogP contribution in [0.15, 0.2) is 24.3 Å². The summed E-state index contributed by atoms with van der Waals surface area (Å²) in [4.78, 5) is 25.0. The van der Waals surface area contributed by atoms with Crippen LogP contribution < -0.4 is 10.2 Å². The summed E-state index contributed by atoms with van der Waals surface area (Å²) in [5, 5.41) is 3.43. The van der Waals surface area contributed by atoms with Gasteiger partial charge in [0.2, 0.25) is 5.91 Å². The lowest BCUT2D eigenvalue weighted by molar-refractivity contribution is -0.120. The summed E-state index contributed by atoms with van der Waals surface area (Å²) in [6.45, 7) is 6.79. The van der Waals surface area contributed by atoms with Gasteiger partial charge in [0.1, 0.15) is 0 Å². The SMILES string of the molecule is Cc1cc2c(N3CCC(=O)NC3=O)cccc2n1C(C)C. The standard InChI is InChI=1S/C16H19N3O2/c1-10(2)19-11(3)9-12-13(5-4-6-14(12)19)18-8-7-15(20)17-16(18)21/h4-6,9-10H,7-8H2,1-3H3,(H,17,20,21). The molecule has 3 amide bonds. The Labute approximate surface area is 123 Å². The number of urea groups is 1. The molecule has 0 radical (unpaired) electrons. The van der Waals surface area contributed by atoms with Gasteiger partial charge in [-0.3, -0.25) is 15.0 Å². The third kappa shape index (κ3) is 2.18. The number of aromatic nitrogens is 1. The van der Waals surface area contributed by atoms with Gasteiger partial charge in [-0.1, -0.05) is 6.07 Å². The Kier molecular flexibility index (Phi) is 3.20. The highest BCUT2D eigenvalue weighted by molar-refractivity contribution is 6.09. The highest BCUT2D eigenvalue weighted by Crippen LogP contribution is 2.32. The molecule has 2 heterocycles. The van der Waals surface area contributed by atoms with Gasteiger partial charge in [0.05, 0.1) is 11.2 Å². The maximum Gasteiger partial charge on any atom is 0.328 e. The normalized spacial score (nSPS) is 15.9. The van der Waals surface area contributed by atoms with Crippen molar-refractivity contribution in [3.05, 3.63) is 30.0 Å². The second kappa shape index (κ2) is 4.91. The van der Waals surface area contributed by atoms with Crippen molar-refractivity contribution in [1.29, 1.82) is 0 Å². The zero-order valence-corrected chi connectivity index (χ0v) is 12.5. The van der Waals surface area contributed by atoms with Crippen LogP contribution in [0.2, 0.25) is 0 Å². The Hall–Kier alpha value is -2.30. The van der Waals surface area contributed by atoms with Crippen LogP contribution in [0.3, 0.4) is 0 Å². The smallest absolute Gasteiger partial charge is 0.328 e. The molecule has 5 heteroatoms. The molecule has 0 spiro atoms. The minimum absolute atomic E-state index is 0.209. The van der Waals surface area contributed by atoms with Crippen LogP contribution in [-0.4, -0.2) is 23.1 Å². The van der Waals surface area contributed by atoms with Crippen molar-refractivity contribution in [2.24, 2.45) is 0 Å². The first-order valence-electron chi connectivity index (χ1n) is 7.21. The van der Waals surface area contributed by atoms with Crippen LogP contribution in [-0.2, 0) is 4.79 Å². The van der Waals surface area contributed by atoms with Gasteiger partial charge in [-0.05, 0) is 39.0 Å². The average molecular weight is 285 g/mol.